The fraction of sp³-hybridized carbons (Fsp3) is 0.600. The van der Waals surface area contributed by atoms with Crippen molar-refractivity contribution in [1.29, 1.82) is 0 Å². The van der Waals surface area contributed by atoms with Gasteiger partial charge in [-0.25, -0.2) is 0 Å². The molecule has 0 radical (unpaired) electrons. The van der Waals surface area contributed by atoms with Crippen LogP contribution in [-0.4, -0.2) is 40.2 Å². The Morgan fingerprint density at radius 2 is 2.27 bits per heavy atom. The first-order valence-electron chi connectivity index (χ1n) is 9.63. The van der Waals surface area contributed by atoms with Crippen molar-refractivity contribution in [3.05, 3.63) is 41.1 Å². The fourth-order valence-electron chi connectivity index (χ4n) is 3.93. The van der Waals surface area contributed by atoms with Gasteiger partial charge >= 0.3 is 0 Å². The van der Waals surface area contributed by atoms with Gasteiger partial charge in [-0.1, -0.05) is 6.92 Å². The molecule has 1 atom stereocenters. The molecule has 142 valence electrons. The van der Waals surface area contributed by atoms with Gasteiger partial charge in [0.05, 0.1) is 31.0 Å². The first-order valence-corrected chi connectivity index (χ1v) is 9.63. The van der Waals surface area contributed by atoms with Crippen molar-refractivity contribution in [2.45, 2.75) is 53.1 Å². The number of likely N-dealkylation sites (tertiary alicyclic amines) is 1. The third kappa shape index (κ3) is 4.36. The van der Waals surface area contributed by atoms with Crippen molar-refractivity contribution < 1.29 is 9.21 Å². The summed E-state index contributed by atoms with van der Waals surface area (Å²) in [6.45, 7) is 10.3. The van der Waals surface area contributed by atoms with Crippen LogP contribution in [0.5, 0.6) is 0 Å². The molecule has 1 N–H and O–H groups in total. The lowest BCUT2D eigenvalue weighted by atomic mass is 9.97. The summed E-state index contributed by atoms with van der Waals surface area (Å²) >= 11 is 0. The van der Waals surface area contributed by atoms with Crippen molar-refractivity contribution in [2.75, 3.05) is 19.6 Å². The van der Waals surface area contributed by atoms with Crippen LogP contribution in [0, 0.1) is 19.8 Å². The summed E-state index contributed by atoms with van der Waals surface area (Å²) in [6, 6.07) is 3.90. The zero-order valence-electron chi connectivity index (χ0n) is 16.1. The molecular weight excluding hydrogens is 328 g/mol. The van der Waals surface area contributed by atoms with Crippen LogP contribution in [-0.2, 0) is 24.3 Å². The second kappa shape index (κ2) is 8.54. The predicted molar refractivity (Wildman–Crippen MR) is 101 cm³/mol. The highest BCUT2D eigenvalue weighted by Gasteiger charge is 2.26. The molecule has 3 rings (SSSR count). The molecule has 26 heavy (non-hydrogen) atoms. The lowest BCUT2D eigenvalue weighted by molar-refractivity contribution is -0.126. The Balaban J connectivity index is 1.47. The van der Waals surface area contributed by atoms with E-state index in [4.69, 9.17) is 4.42 Å². The highest BCUT2D eigenvalue weighted by molar-refractivity contribution is 5.78. The standard InChI is InChI=1S/C20H30N4O2/c1-4-19-15(2)22-24(16(19)3)11-9-21-20(25)17-7-5-10-23(13-17)14-18-8-6-12-26-18/h6,8,12,17H,4-5,7,9-11,13-14H2,1-3H3,(H,21,25)/t17-/m0/s1. The van der Waals surface area contributed by atoms with E-state index in [0.29, 0.717) is 6.54 Å². The van der Waals surface area contributed by atoms with Gasteiger partial charge < -0.3 is 9.73 Å². The summed E-state index contributed by atoms with van der Waals surface area (Å²) in [5, 5.41) is 7.70. The molecule has 1 amide bonds. The van der Waals surface area contributed by atoms with Gasteiger partial charge in [0.25, 0.3) is 0 Å². The molecule has 0 saturated carbocycles. The van der Waals surface area contributed by atoms with Gasteiger partial charge in [0.1, 0.15) is 5.76 Å². The molecule has 0 aliphatic carbocycles. The van der Waals surface area contributed by atoms with Crippen LogP contribution < -0.4 is 5.32 Å². The number of rotatable bonds is 7. The number of piperidine rings is 1. The van der Waals surface area contributed by atoms with E-state index in [-0.39, 0.29) is 11.8 Å². The summed E-state index contributed by atoms with van der Waals surface area (Å²) < 4.78 is 7.44. The van der Waals surface area contributed by atoms with Gasteiger partial charge in [-0.3, -0.25) is 14.4 Å². The molecule has 1 fully saturated rings. The number of nitrogens with zero attached hydrogens (tertiary/aromatic N) is 3. The molecule has 3 heterocycles. The molecule has 1 aliphatic rings. The molecule has 6 heteroatoms. The Morgan fingerprint density at radius 1 is 1.42 bits per heavy atom. The number of carbonyl (C=O) groups excluding carboxylic acids is 1. The topological polar surface area (TPSA) is 63.3 Å². The normalized spacial score (nSPS) is 18.2. The van der Waals surface area contributed by atoms with E-state index in [1.807, 2.05) is 16.8 Å². The van der Waals surface area contributed by atoms with Gasteiger partial charge in [-0.15, -0.1) is 0 Å². The van der Waals surface area contributed by atoms with E-state index in [1.54, 1.807) is 6.26 Å². The van der Waals surface area contributed by atoms with E-state index >= 15 is 0 Å². The highest BCUT2D eigenvalue weighted by Crippen LogP contribution is 2.19. The maximum atomic E-state index is 12.6. The van der Waals surface area contributed by atoms with E-state index in [2.05, 4.69) is 36.1 Å². The highest BCUT2D eigenvalue weighted by atomic mass is 16.3. The summed E-state index contributed by atoms with van der Waals surface area (Å²) in [5.74, 6) is 1.18. The average Bonchev–Trinajstić information content (AvgIpc) is 3.23. The summed E-state index contributed by atoms with van der Waals surface area (Å²) in [5.41, 5.74) is 3.62. The SMILES string of the molecule is CCc1c(C)nn(CCNC(=O)[C@H]2CCCN(Cc3ccco3)C2)c1C. The van der Waals surface area contributed by atoms with E-state index < -0.39 is 0 Å². The summed E-state index contributed by atoms with van der Waals surface area (Å²) in [7, 11) is 0. The minimum absolute atomic E-state index is 0.0605. The number of aryl methyl sites for hydroxylation is 1. The van der Waals surface area contributed by atoms with Crippen LogP contribution in [0.2, 0.25) is 0 Å². The quantitative estimate of drug-likeness (QED) is 0.826. The molecule has 0 bridgehead atoms. The third-order valence-corrected chi connectivity index (χ3v) is 5.34. The first-order chi connectivity index (χ1) is 12.6. The van der Waals surface area contributed by atoms with E-state index in [0.717, 1.165) is 56.9 Å². The minimum atomic E-state index is 0.0605. The zero-order valence-corrected chi connectivity index (χ0v) is 16.1. The molecule has 1 aliphatic heterocycles. The largest absolute Gasteiger partial charge is 0.468 e. The van der Waals surface area contributed by atoms with E-state index in [9.17, 15) is 4.79 Å². The maximum Gasteiger partial charge on any atom is 0.224 e. The lowest BCUT2D eigenvalue weighted by Gasteiger charge is -2.31. The Bertz CT molecular complexity index is 721. The summed E-state index contributed by atoms with van der Waals surface area (Å²) in [4.78, 5) is 14.9. The Kier molecular flexibility index (Phi) is 6.14. The monoisotopic (exact) mass is 358 g/mol. The van der Waals surface area contributed by atoms with Gasteiger partial charge in [0, 0.05) is 18.8 Å². The van der Waals surface area contributed by atoms with E-state index in [1.165, 1.54) is 11.3 Å². The average molecular weight is 358 g/mol. The van der Waals surface area contributed by atoms with Crippen LogP contribution >= 0.6 is 0 Å². The third-order valence-electron chi connectivity index (χ3n) is 5.34. The molecule has 2 aromatic rings. The Morgan fingerprint density at radius 3 is 2.96 bits per heavy atom. The molecule has 6 nitrogen and oxygen atoms in total. The molecule has 2 aromatic heterocycles. The molecule has 0 aromatic carbocycles. The second-order valence-corrected chi connectivity index (χ2v) is 7.17. The number of aromatic nitrogens is 2. The number of amides is 1. The van der Waals surface area contributed by atoms with Gasteiger partial charge in [0.2, 0.25) is 5.91 Å². The number of carbonyl (C=O) groups is 1. The van der Waals surface area contributed by atoms with Crippen LogP contribution in [0.15, 0.2) is 22.8 Å². The van der Waals surface area contributed by atoms with Gasteiger partial charge in [0.15, 0.2) is 0 Å². The van der Waals surface area contributed by atoms with Gasteiger partial charge in [-0.2, -0.15) is 5.10 Å². The number of hydrogen-bond acceptors (Lipinski definition) is 4. The van der Waals surface area contributed by atoms with Crippen molar-refractivity contribution >= 4 is 5.91 Å². The molecule has 1 saturated heterocycles. The number of hydrogen-bond donors (Lipinski definition) is 1. The lowest BCUT2D eigenvalue weighted by Crippen LogP contribution is -2.43. The molecule has 0 spiro atoms. The molecule has 0 unspecified atom stereocenters. The van der Waals surface area contributed by atoms with Crippen molar-refractivity contribution in [1.82, 2.24) is 20.0 Å². The smallest absolute Gasteiger partial charge is 0.224 e. The number of nitrogens with one attached hydrogen (secondary N) is 1. The van der Waals surface area contributed by atoms with Crippen molar-refractivity contribution in [3.63, 3.8) is 0 Å². The van der Waals surface area contributed by atoms with Crippen LogP contribution in [0.3, 0.4) is 0 Å². The fourth-order valence-corrected chi connectivity index (χ4v) is 3.93. The van der Waals surface area contributed by atoms with Crippen LogP contribution in [0.1, 0.15) is 42.5 Å². The van der Waals surface area contributed by atoms with Crippen LogP contribution in [0.25, 0.3) is 0 Å². The van der Waals surface area contributed by atoms with Crippen molar-refractivity contribution in [2.24, 2.45) is 5.92 Å². The van der Waals surface area contributed by atoms with Crippen molar-refractivity contribution in [3.8, 4) is 0 Å². The zero-order chi connectivity index (χ0) is 18.5. The van der Waals surface area contributed by atoms with Crippen LogP contribution in [0.4, 0.5) is 0 Å². The predicted octanol–water partition coefficient (Wildman–Crippen LogP) is 2.68. The Labute approximate surface area is 155 Å². The minimum Gasteiger partial charge on any atom is -0.468 e. The number of furan rings is 1. The second-order valence-electron chi connectivity index (χ2n) is 7.17. The first kappa shape index (κ1) is 18.7. The van der Waals surface area contributed by atoms with Gasteiger partial charge in [-0.05, 0) is 57.4 Å². The summed E-state index contributed by atoms with van der Waals surface area (Å²) in [6.07, 6.45) is 4.71. The Hall–Kier alpha value is -2.08. The maximum absolute atomic E-state index is 12.6. The molecular formula is C20H30N4O2.